The van der Waals surface area contributed by atoms with Crippen LogP contribution in [0, 0.1) is 5.21 Å². The van der Waals surface area contributed by atoms with Crippen LogP contribution in [-0.4, -0.2) is 30.5 Å². The molecule has 0 aliphatic rings. The van der Waals surface area contributed by atoms with E-state index in [9.17, 15) is 5.21 Å². The fourth-order valence-electron chi connectivity index (χ4n) is 1.70. The molecule has 0 bridgehead atoms. The van der Waals surface area contributed by atoms with E-state index < -0.39 is 5.72 Å². The van der Waals surface area contributed by atoms with Crippen LogP contribution in [0.3, 0.4) is 0 Å². The topological polar surface area (TPSA) is 61.5 Å². The second kappa shape index (κ2) is 6.35. The molecule has 0 radical (unpaired) electrons. The van der Waals surface area contributed by atoms with Crippen molar-refractivity contribution in [2.75, 3.05) is 13.7 Å². The summed E-state index contributed by atoms with van der Waals surface area (Å²) in [6.45, 7) is 6.35. The van der Waals surface area contributed by atoms with Crippen molar-refractivity contribution in [3.8, 4) is 0 Å². The van der Waals surface area contributed by atoms with E-state index in [2.05, 4.69) is 0 Å². The van der Waals surface area contributed by atoms with Gasteiger partial charge in [-0.2, -0.15) is 0 Å². The number of hydrogen-bond donors (Lipinski definition) is 1. The third kappa shape index (κ3) is 2.92. The Bertz CT molecular complexity index is 141. The molecule has 1 atom stereocenters. The molecule has 0 spiro atoms. The van der Waals surface area contributed by atoms with E-state index in [0.29, 0.717) is 25.8 Å². The maximum atomic E-state index is 12.0. The summed E-state index contributed by atoms with van der Waals surface area (Å²) in [5.74, 6) is 0. The van der Waals surface area contributed by atoms with Gasteiger partial charge in [-0.05, 0) is 31.8 Å². The van der Waals surface area contributed by atoms with Crippen molar-refractivity contribution in [2.24, 2.45) is 5.73 Å². The van der Waals surface area contributed by atoms with Crippen LogP contribution in [0.25, 0.3) is 0 Å². The first-order valence-electron chi connectivity index (χ1n) is 5.29. The fraction of sp³-hybridized carbons (Fsp3) is 1.00. The summed E-state index contributed by atoms with van der Waals surface area (Å²) in [5, 5.41) is 13.0. The molecule has 0 aromatic rings. The molecule has 0 saturated heterocycles. The molecule has 0 fully saturated rings. The summed E-state index contributed by atoms with van der Waals surface area (Å²) < 4.78 is 5.34. The summed E-state index contributed by atoms with van der Waals surface area (Å²) in [7, 11) is 1.59. The lowest BCUT2D eigenvalue weighted by Gasteiger charge is -2.50. The number of nitrogens with zero attached hydrogens (tertiary/aromatic N) is 1. The van der Waals surface area contributed by atoms with Crippen molar-refractivity contribution in [3.05, 3.63) is 5.21 Å². The Hall–Kier alpha value is -0.160. The largest absolute Gasteiger partial charge is 0.783 e. The standard InChI is InChI=1S/C10H23N2O2/c1-5-10(6-2,14-4)12(13)9(3)7-8-11/h9H,5-8,11H2,1-4H3/q-1. The minimum Gasteiger partial charge on any atom is -0.783 e. The predicted octanol–water partition coefficient (Wildman–Crippen LogP) is 1.69. The molecule has 0 amide bonds. The second-order valence-corrected chi connectivity index (χ2v) is 3.61. The van der Waals surface area contributed by atoms with E-state index >= 15 is 0 Å². The number of hydroxylamine groups is 2. The van der Waals surface area contributed by atoms with Crippen molar-refractivity contribution in [2.45, 2.75) is 51.8 Å². The van der Waals surface area contributed by atoms with Gasteiger partial charge in [0.25, 0.3) is 0 Å². The third-order valence-corrected chi connectivity index (χ3v) is 2.87. The van der Waals surface area contributed by atoms with Crippen molar-refractivity contribution < 1.29 is 4.74 Å². The van der Waals surface area contributed by atoms with Gasteiger partial charge in [-0.3, -0.25) is 0 Å². The van der Waals surface area contributed by atoms with Crippen LogP contribution in [0.2, 0.25) is 0 Å². The molecular formula is C10H23N2O2-. The SMILES string of the molecule is CCC(CC)(OC)N([O-])C(C)CCN. The molecule has 0 aliphatic heterocycles. The number of nitrogens with two attached hydrogens (primary N) is 1. The average molecular weight is 203 g/mol. The Morgan fingerprint density at radius 2 is 1.93 bits per heavy atom. The highest BCUT2D eigenvalue weighted by molar-refractivity contribution is 4.83. The van der Waals surface area contributed by atoms with E-state index in [1.165, 1.54) is 0 Å². The molecule has 0 heterocycles. The molecule has 86 valence electrons. The molecule has 0 saturated carbocycles. The van der Waals surface area contributed by atoms with Crippen molar-refractivity contribution in [1.29, 1.82) is 0 Å². The van der Waals surface area contributed by atoms with Crippen LogP contribution in [0.15, 0.2) is 0 Å². The third-order valence-electron chi connectivity index (χ3n) is 2.87. The molecule has 2 N–H and O–H groups in total. The number of methoxy groups -OCH3 is 1. The molecule has 14 heavy (non-hydrogen) atoms. The fourth-order valence-corrected chi connectivity index (χ4v) is 1.70. The average Bonchev–Trinajstić information content (AvgIpc) is 2.21. The monoisotopic (exact) mass is 203 g/mol. The smallest absolute Gasteiger partial charge is 0.109 e. The lowest BCUT2D eigenvalue weighted by molar-refractivity contribution is -0.133. The first-order chi connectivity index (χ1) is 6.57. The highest BCUT2D eigenvalue weighted by Crippen LogP contribution is 2.26. The highest BCUT2D eigenvalue weighted by Gasteiger charge is 2.29. The van der Waals surface area contributed by atoms with Crippen LogP contribution >= 0.6 is 0 Å². The Morgan fingerprint density at radius 1 is 1.43 bits per heavy atom. The first kappa shape index (κ1) is 13.8. The molecule has 4 heteroatoms. The zero-order valence-corrected chi connectivity index (χ0v) is 9.75. The van der Waals surface area contributed by atoms with Crippen LogP contribution in [0.4, 0.5) is 0 Å². The first-order valence-corrected chi connectivity index (χ1v) is 5.29. The van der Waals surface area contributed by atoms with Crippen molar-refractivity contribution >= 4 is 0 Å². The van der Waals surface area contributed by atoms with Gasteiger partial charge in [-0.15, -0.1) is 0 Å². The van der Waals surface area contributed by atoms with E-state index in [1.807, 2.05) is 20.8 Å². The van der Waals surface area contributed by atoms with Gasteiger partial charge in [-0.1, -0.05) is 20.8 Å². The van der Waals surface area contributed by atoms with E-state index in [0.717, 1.165) is 5.06 Å². The summed E-state index contributed by atoms with van der Waals surface area (Å²) >= 11 is 0. The Kier molecular flexibility index (Phi) is 6.27. The van der Waals surface area contributed by atoms with Gasteiger partial charge >= 0.3 is 0 Å². The van der Waals surface area contributed by atoms with E-state index in [1.54, 1.807) is 7.11 Å². The van der Waals surface area contributed by atoms with E-state index in [4.69, 9.17) is 10.5 Å². The highest BCUT2D eigenvalue weighted by atomic mass is 16.6. The number of rotatable bonds is 7. The number of ether oxygens (including phenoxy) is 1. The molecule has 0 aromatic heterocycles. The molecule has 0 aromatic carbocycles. The van der Waals surface area contributed by atoms with E-state index in [-0.39, 0.29) is 6.04 Å². The van der Waals surface area contributed by atoms with Gasteiger partial charge in [0.15, 0.2) is 0 Å². The number of hydrogen-bond acceptors (Lipinski definition) is 4. The minimum absolute atomic E-state index is 0.0835. The lowest BCUT2D eigenvalue weighted by atomic mass is 10.0. The summed E-state index contributed by atoms with van der Waals surface area (Å²) in [6, 6.07) is -0.0835. The van der Waals surface area contributed by atoms with Gasteiger partial charge in [-0.25, -0.2) is 0 Å². The molecule has 1 unspecified atom stereocenters. The lowest BCUT2D eigenvalue weighted by Crippen LogP contribution is -2.50. The van der Waals surface area contributed by atoms with Crippen LogP contribution in [-0.2, 0) is 4.74 Å². The van der Waals surface area contributed by atoms with Gasteiger partial charge in [0, 0.05) is 7.11 Å². The van der Waals surface area contributed by atoms with Crippen LogP contribution in [0.5, 0.6) is 0 Å². The predicted molar refractivity (Wildman–Crippen MR) is 58.7 cm³/mol. The summed E-state index contributed by atoms with van der Waals surface area (Å²) in [5.41, 5.74) is 4.76. The molecule has 0 aliphatic carbocycles. The summed E-state index contributed by atoms with van der Waals surface area (Å²) in [4.78, 5) is 0. The van der Waals surface area contributed by atoms with Gasteiger partial charge in [0.05, 0.1) is 0 Å². The maximum Gasteiger partial charge on any atom is 0.109 e. The van der Waals surface area contributed by atoms with Crippen molar-refractivity contribution in [3.63, 3.8) is 0 Å². The van der Waals surface area contributed by atoms with Gasteiger partial charge in [0.1, 0.15) is 5.72 Å². The molecular weight excluding hydrogens is 180 g/mol. The molecule has 4 nitrogen and oxygen atoms in total. The normalized spacial score (nSPS) is 14.8. The van der Waals surface area contributed by atoms with Crippen LogP contribution < -0.4 is 5.73 Å². The quantitative estimate of drug-likeness (QED) is 0.505. The zero-order chi connectivity index (χ0) is 11.2. The van der Waals surface area contributed by atoms with Crippen LogP contribution in [0.1, 0.15) is 40.0 Å². The van der Waals surface area contributed by atoms with Crippen molar-refractivity contribution in [1.82, 2.24) is 5.06 Å². The summed E-state index contributed by atoms with van der Waals surface area (Å²) in [6.07, 6.45) is 2.09. The molecule has 0 rings (SSSR count). The Balaban J connectivity index is 4.48. The maximum absolute atomic E-state index is 12.0. The van der Waals surface area contributed by atoms with Gasteiger partial charge < -0.3 is 20.7 Å². The Morgan fingerprint density at radius 3 is 2.21 bits per heavy atom. The zero-order valence-electron chi connectivity index (χ0n) is 9.75. The van der Waals surface area contributed by atoms with Gasteiger partial charge in [0.2, 0.25) is 0 Å². The minimum atomic E-state index is -0.672. The second-order valence-electron chi connectivity index (χ2n) is 3.61. The Labute approximate surface area is 87.0 Å².